The lowest BCUT2D eigenvalue weighted by Crippen LogP contribution is -2.28. The summed E-state index contributed by atoms with van der Waals surface area (Å²) in [5, 5.41) is 7.46. The molecule has 30 heavy (non-hydrogen) atoms. The summed E-state index contributed by atoms with van der Waals surface area (Å²) in [5.74, 6) is -2.74. The molecule has 2 aliphatic rings. The molecule has 2 heterocycles. The van der Waals surface area contributed by atoms with Gasteiger partial charge in [0.1, 0.15) is 5.69 Å². The molecule has 1 saturated heterocycles. The van der Waals surface area contributed by atoms with E-state index in [9.17, 15) is 13.6 Å². The van der Waals surface area contributed by atoms with Crippen LogP contribution in [0.2, 0.25) is 0 Å². The third kappa shape index (κ3) is 4.24. The van der Waals surface area contributed by atoms with Crippen LogP contribution in [0.1, 0.15) is 47.4 Å². The normalized spacial score (nSPS) is 21.6. The number of nitrogens with one attached hydrogen (secondary N) is 1. The molecule has 0 unspecified atom stereocenters. The maximum Gasteiger partial charge on any atom is 0.274 e. The molecule has 0 spiro atoms. The number of nitrogens with zero attached hydrogens (tertiary/aromatic N) is 2. The summed E-state index contributed by atoms with van der Waals surface area (Å²) < 4.78 is 39.8. The molecule has 1 aliphatic carbocycles. The highest BCUT2D eigenvalue weighted by atomic mass is 32.3. The van der Waals surface area contributed by atoms with Crippen molar-refractivity contribution in [2.75, 3.05) is 18.4 Å². The number of halogens is 2. The lowest BCUT2D eigenvalue weighted by Gasteiger charge is -2.46. The summed E-state index contributed by atoms with van der Waals surface area (Å²) in [5.41, 5.74) is 2.69. The van der Waals surface area contributed by atoms with Crippen molar-refractivity contribution < 1.29 is 21.9 Å². The second kappa shape index (κ2) is 7.94. The molecule has 9 heteroatoms. The monoisotopic (exact) mass is 439 g/mol. The van der Waals surface area contributed by atoms with E-state index < -0.39 is 16.5 Å². The van der Waals surface area contributed by atoms with E-state index in [1.54, 1.807) is 4.68 Å². The van der Waals surface area contributed by atoms with Crippen LogP contribution in [-0.4, -0.2) is 34.7 Å². The minimum absolute atomic E-state index is 0.0923. The Labute approximate surface area is 176 Å². The molecule has 0 bridgehead atoms. The molecule has 0 radical (unpaired) electrons. The van der Waals surface area contributed by atoms with Crippen molar-refractivity contribution in [2.45, 2.75) is 56.9 Å². The Bertz CT molecular complexity index is 949. The third-order valence-corrected chi connectivity index (χ3v) is 8.18. The van der Waals surface area contributed by atoms with Gasteiger partial charge in [0.25, 0.3) is 5.91 Å². The molecule has 1 aromatic carbocycles. The number of benzene rings is 1. The SMILES string of the molecule is Cc1nn(CC2CCC(F)(F)CC2)c(C(=O)Nc2cccc(S3(C)OCO3)c2)c1C. The van der Waals surface area contributed by atoms with Gasteiger partial charge in [0, 0.05) is 36.9 Å². The average molecular weight is 440 g/mol. The fourth-order valence-corrected chi connectivity index (χ4v) is 5.26. The average Bonchev–Trinajstić information content (AvgIpc) is 2.95. The number of aryl methyl sites for hydroxylation is 1. The molecule has 4 rings (SSSR count). The van der Waals surface area contributed by atoms with Crippen LogP contribution >= 0.6 is 10.6 Å². The summed E-state index contributed by atoms with van der Waals surface area (Å²) >= 11 is 0. The van der Waals surface area contributed by atoms with Crippen LogP contribution in [0.3, 0.4) is 0 Å². The molecule has 0 atom stereocenters. The Balaban J connectivity index is 1.51. The van der Waals surface area contributed by atoms with Crippen LogP contribution in [0.15, 0.2) is 29.2 Å². The van der Waals surface area contributed by atoms with E-state index in [0.29, 0.717) is 30.8 Å². The second-order valence-corrected chi connectivity index (χ2v) is 10.6. The smallest absolute Gasteiger partial charge is 0.274 e. The molecule has 1 saturated carbocycles. The molecular formula is C21H27F2N3O3S. The zero-order chi connectivity index (χ0) is 21.5. The first kappa shape index (κ1) is 21.3. The van der Waals surface area contributed by atoms with Crippen LogP contribution in [0, 0.1) is 19.8 Å². The fourth-order valence-electron chi connectivity index (χ4n) is 3.94. The van der Waals surface area contributed by atoms with Gasteiger partial charge in [-0.2, -0.15) is 15.7 Å². The van der Waals surface area contributed by atoms with Gasteiger partial charge in [-0.15, -0.1) is 0 Å². The Morgan fingerprint density at radius 2 is 2.00 bits per heavy atom. The van der Waals surface area contributed by atoms with Crippen molar-refractivity contribution in [3.05, 3.63) is 41.2 Å². The van der Waals surface area contributed by atoms with E-state index >= 15 is 0 Å². The Morgan fingerprint density at radius 1 is 1.30 bits per heavy atom. The van der Waals surface area contributed by atoms with Crippen molar-refractivity contribution in [3.8, 4) is 0 Å². The largest absolute Gasteiger partial charge is 0.321 e. The predicted molar refractivity (Wildman–Crippen MR) is 112 cm³/mol. The highest BCUT2D eigenvalue weighted by Crippen LogP contribution is 2.61. The summed E-state index contributed by atoms with van der Waals surface area (Å²) in [7, 11) is -1.71. The number of rotatable bonds is 5. The van der Waals surface area contributed by atoms with E-state index in [-0.39, 0.29) is 31.5 Å². The van der Waals surface area contributed by atoms with Gasteiger partial charge in [0.05, 0.1) is 10.6 Å². The Morgan fingerprint density at radius 3 is 2.63 bits per heavy atom. The minimum atomic E-state index is -2.57. The fraction of sp³-hybridized carbons (Fsp3) is 0.524. The van der Waals surface area contributed by atoms with E-state index in [2.05, 4.69) is 10.4 Å². The molecule has 6 nitrogen and oxygen atoms in total. The molecular weight excluding hydrogens is 412 g/mol. The summed E-state index contributed by atoms with van der Waals surface area (Å²) in [6.45, 7) is 4.47. The number of anilines is 1. The zero-order valence-electron chi connectivity index (χ0n) is 17.4. The highest BCUT2D eigenvalue weighted by Gasteiger charge is 2.35. The Hall–Kier alpha value is -1.97. The number of hydrogen-bond donors (Lipinski definition) is 1. The van der Waals surface area contributed by atoms with Crippen LogP contribution in [0.5, 0.6) is 0 Å². The third-order valence-electron chi connectivity index (χ3n) is 5.98. The van der Waals surface area contributed by atoms with Crippen LogP contribution in [-0.2, 0) is 14.9 Å². The first-order chi connectivity index (χ1) is 14.2. The van der Waals surface area contributed by atoms with Gasteiger partial charge in [-0.1, -0.05) is 6.07 Å². The molecule has 1 N–H and O–H groups in total. The van der Waals surface area contributed by atoms with Crippen molar-refractivity contribution in [3.63, 3.8) is 0 Å². The van der Waals surface area contributed by atoms with Gasteiger partial charge in [0.15, 0.2) is 6.79 Å². The molecule has 164 valence electrons. The number of carbonyl (C=O) groups is 1. The maximum absolute atomic E-state index is 13.5. The summed E-state index contributed by atoms with van der Waals surface area (Å²) in [6.07, 6.45) is 2.59. The number of alkyl halides is 2. The van der Waals surface area contributed by atoms with Crippen molar-refractivity contribution in [1.29, 1.82) is 0 Å². The molecule has 2 fully saturated rings. The quantitative estimate of drug-likeness (QED) is 0.695. The van der Waals surface area contributed by atoms with Crippen LogP contribution < -0.4 is 5.32 Å². The van der Waals surface area contributed by atoms with Crippen LogP contribution in [0.25, 0.3) is 0 Å². The van der Waals surface area contributed by atoms with Gasteiger partial charge in [-0.05, 0) is 50.8 Å². The Kier molecular flexibility index (Phi) is 5.63. The first-order valence-corrected chi connectivity index (χ1v) is 12.0. The van der Waals surface area contributed by atoms with Gasteiger partial charge in [0.2, 0.25) is 5.92 Å². The van der Waals surface area contributed by atoms with Gasteiger partial charge in [-0.25, -0.2) is 17.1 Å². The van der Waals surface area contributed by atoms with Gasteiger partial charge < -0.3 is 5.32 Å². The van der Waals surface area contributed by atoms with Crippen molar-refractivity contribution in [2.24, 2.45) is 5.92 Å². The number of hydrogen-bond acceptors (Lipinski definition) is 4. The minimum Gasteiger partial charge on any atom is -0.321 e. The topological polar surface area (TPSA) is 65.4 Å². The zero-order valence-corrected chi connectivity index (χ0v) is 18.2. The van der Waals surface area contributed by atoms with Crippen molar-refractivity contribution >= 4 is 22.2 Å². The molecule has 1 amide bonds. The van der Waals surface area contributed by atoms with Crippen molar-refractivity contribution in [1.82, 2.24) is 9.78 Å². The summed E-state index contributed by atoms with van der Waals surface area (Å²) in [4.78, 5) is 14.0. The maximum atomic E-state index is 13.5. The van der Waals surface area contributed by atoms with Crippen LogP contribution in [0.4, 0.5) is 14.5 Å². The molecule has 2 aromatic rings. The highest BCUT2D eigenvalue weighted by molar-refractivity contribution is 8.26. The molecule has 1 aliphatic heterocycles. The van der Waals surface area contributed by atoms with E-state index in [1.807, 2.05) is 44.4 Å². The van der Waals surface area contributed by atoms with E-state index in [0.717, 1.165) is 16.2 Å². The van der Waals surface area contributed by atoms with Gasteiger partial charge in [-0.3, -0.25) is 9.48 Å². The molecule has 1 aromatic heterocycles. The predicted octanol–water partition coefficient (Wildman–Crippen LogP) is 5.21. The standard InChI is InChI=1S/C21H27F2N3O3S/c1-14-15(2)25-26(12-16-7-9-21(22,23)10-8-16)19(14)20(27)24-17-5-4-6-18(11-17)30(3)28-13-29-30/h4-6,11,16H,7-10,12-13H2,1-3H3,(H,24,27). The second-order valence-electron chi connectivity index (χ2n) is 8.15. The number of aromatic nitrogens is 2. The number of carbonyl (C=O) groups excluding carboxylic acids is 1. The van der Waals surface area contributed by atoms with E-state index in [4.69, 9.17) is 8.37 Å². The summed E-state index contributed by atoms with van der Waals surface area (Å²) in [6, 6.07) is 7.45. The van der Waals surface area contributed by atoms with E-state index in [1.165, 1.54) is 0 Å². The lowest BCUT2D eigenvalue weighted by molar-refractivity contribution is -0.0477. The van der Waals surface area contributed by atoms with Gasteiger partial charge >= 0.3 is 0 Å². The lowest BCUT2D eigenvalue weighted by atomic mass is 9.87. The first-order valence-electron chi connectivity index (χ1n) is 10.1. The number of amides is 1.